The van der Waals surface area contributed by atoms with Gasteiger partial charge >= 0.3 is 0 Å². The number of hydrogen-bond donors (Lipinski definition) is 1. The zero-order chi connectivity index (χ0) is 14.6. The highest BCUT2D eigenvalue weighted by Crippen LogP contribution is 2.36. The molecular formula is C17H30N2S. The SMILES string of the molecule is Cc1ccsc1CNCCN(C)C1CCC(C)(C)CC1. The molecule has 0 amide bonds. The Morgan fingerprint density at radius 3 is 2.65 bits per heavy atom. The van der Waals surface area contributed by atoms with Gasteiger partial charge in [-0.15, -0.1) is 11.3 Å². The van der Waals surface area contributed by atoms with Crippen LogP contribution < -0.4 is 5.32 Å². The van der Waals surface area contributed by atoms with Crippen LogP contribution in [0.3, 0.4) is 0 Å². The third-order valence-corrected chi connectivity index (χ3v) is 5.85. The second-order valence-electron chi connectivity index (χ2n) is 7.08. The number of hydrogen-bond acceptors (Lipinski definition) is 3. The zero-order valence-electron chi connectivity index (χ0n) is 13.5. The zero-order valence-corrected chi connectivity index (χ0v) is 14.4. The fraction of sp³-hybridized carbons (Fsp3) is 0.765. The molecule has 0 unspecified atom stereocenters. The summed E-state index contributed by atoms with van der Waals surface area (Å²) in [5, 5.41) is 5.77. The molecule has 0 atom stereocenters. The summed E-state index contributed by atoms with van der Waals surface area (Å²) in [7, 11) is 2.29. The predicted molar refractivity (Wildman–Crippen MR) is 89.4 cm³/mol. The van der Waals surface area contributed by atoms with E-state index in [2.05, 4.69) is 49.5 Å². The Bertz CT molecular complexity index is 401. The van der Waals surface area contributed by atoms with Crippen molar-refractivity contribution in [1.82, 2.24) is 10.2 Å². The third kappa shape index (κ3) is 4.57. The monoisotopic (exact) mass is 294 g/mol. The molecule has 1 aromatic rings. The summed E-state index contributed by atoms with van der Waals surface area (Å²) in [6, 6.07) is 3.01. The third-order valence-electron chi connectivity index (χ3n) is 4.83. The van der Waals surface area contributed by atoms with Gasteiger partial charge in [-0.2, -0.15) is 0 Å². The maximum Gasteiger partial charge on any atom is 0.0302 e. The van der Waals surface area contributed by atoms with Crippen molar-refractivity contribution in [2.75, 3.05) is 20.1 Å². The first-order valence-corrected chi connectivity index (χ1v) is 8.80. The van der Waals surface area contributed by atoms with Crippen molar-refractivity contribution in [3.05, 3.63) is 21.9 Å². The van der Waals surface area contributed by atoms with E-state index in [1.54, 1.807) is 0 Å². The topological polar surface area (TPSA) is 15.3 Å². The van der Waals surface area contributed by atoms with Gasteiger partial charge in [-0.1, -0.05) is 13.8 Å². The first-order chi connectivity index (χ1) is 9.48. The van der Waals surface area contributed by atoms with Gasteiger partial charge in [0.15, 0.2) is 0 Å². The molecule has 1 N–H and O–H groups in total. The summed E-state index contributed by atoms with van der Waals surface area (Å²) in [6.45, 7) is 10.3. The van der Waals surface area contributed by atoms with Gasteiger partial charge in [0.2, 0.25) is 0 Å². The predicted octanol–water partition coefficient (Wildman–Crippen LogP) is 4.05. The molecule has 1 aliphatic carbocycles. The maximum absolute atomic E-state index is 3.58. The molecule has 2 nitrogen and oxygen atoms in total. The first-order valence-electron chi connectivity index (χ1n) is 7.92. The molecule has 0 aromatic carbocycles. The molecule has 0 radical (unpaired) electrons. The van der Waals surface area contributed by atoms with Gasteiger partial charge in [-0.25, -0.2) is 0 Å². The van der Waals surface area contributed by atoms with Crippen molar-refractivity contribution < 1.29 is 0 Å². The number of likely N-dealkylation sites (N-methyl/N-ethyl adjacent to an activating group) is 1. The van der Waals surface area contributed by atoms with Crippen molar-refractivity contribution in [2.45, 2.75) is 59.0 Å². The minimum absolute atomic E-state index is 0.576. The van der Waals surface area contributed by atoms with Crippen molar-refractivity contribution >= 4 is 11.3 Å². The number of nitrogens with one attached hydrogen (secondary N) is 1. The molecule has 2 rings (SSSR count). The number of aryl methyl sites for hydroxylation is 1. The Balaban J connectivity index is 1.63. The van der Waals surface area contributed by atoms with Gasteiger partial charge in [-0.3, -0.25) is 0 Å². The lowest BCUT2D eigenvalue weighted by molar-refractivity contribution is 0.128. The minimum atomic E-state index is 0.576. The molecule has 0 bridgehead atoms. The van der Waals surface area contributed by atoms with Gasteiger partial charge in [-0.05, 0) is 62.1 Å². The van der Waals surface area contributed by atoms with E-state index in [0.29, 0.717) is 5.41 Å². The average molecular weight is 295 g/mol. The van der Waals surface area contributed by atoms with E-state index in [0.717, 1.165) is 25.7 Å². The number of nitrogens with zero attached hydrogens (tertiary/aromatic N) is 1. The van der Waals surface area contributed by atoms with Gasteiger partial charge in [0.1, 0.15) is 0 Å². The van der Waals surface area contributed by atoms with Crippen LogP contribution in [0.25, 0.3) is 0 Å². The Morgan fingerprint density at radius 2 is 2.05 bits per heavy atom. The second kappa shape index (κ2) is 7.06. The lowest BCUT2D eigenvalue weighted by Gasteiger charge is -2.38. The maximum atomic E-state index is 3.58. The van der Waals surface area contributed by atoms with Crippen LogP contribution in [0.4, 0.5) is 0 Å². The van der Waals surface area contributed by atoms with Crippen molar-refractivity contribution in [3.8, 4) is 0 Å². The van der Waals surface area contributed by atoms with Crippen LogP contribution >= 0.6 is 11.3 Å². The molecule has 1 saturated carbocycles. The minimum Gasteiger partial charge on any atom is -0.311 e. The fourth-order valence-electron chi connectivity index (χ4n) is 3.05. The van der Waals surface area contributed by atoms with E-state index >= 15 is 0 Å². The van der Waals surface area contributed by atoms with Gasteiger partial charge in [0.25, 0.3) is 0 Å². The smallest absolute Gasteiger partial charge is 0.0302 e. The average Bonchev–Trinajstić information content (AvgIpc) is 2.80. The molecule has 0 saturated heterocycles. The molecular weight excluding hydrogens is 264 g/mol. The first kappa shape index (κ1) is 16.0. The molecule has 3 heteroatoms. The second-order valence-corrected chi connectivity index (χ2v) is 8.08. The lowest BCUT2D eigenvalue weighted by Crippen LogP contribution is -2.40. The summed E-state index contributed by atoms with van der Waals surface area (Å²) < 4.78 is 0. The standard InChI is InChI=1S/C17H30N2S/c1-14-7-12-20-16(14)13-18-10-11-19(4)15-5-8-17(2,3)9-6-15/h7,12,15,18H,5-6,8-11,13H2,1-4H3. The summed E-state index contributed by atoms with van der Waals surface area (Å²) in [4.78, 5) is 4.04. The summed E-state index contributed by atoms with van der Waals surface area (Å²) in [6.07, 6.45) is 5.49. The molecule has 1 aliphatic rings. The largest absolute Gasteiger partial charge is 0.311 e. The van der Waals surface area contributed by atoms with Gasteiger partial charge in [0.05, 0.1) is 0 Å². The van der Waals surface area contributed by atoms with Crippen LogP contribution in [-0.4, -0.2) is 31.1 Å². The summed E-state index contributed by atoms with van der Waals surface area (Å²) in [5.74, 6) is 0. The van der Waals surface area contributed by atoms with E-state index in [-0.39, 0.29) is 0 Å². The molecule has 1 aromatic heterocycles. The Kier molecular flexibility index (Phi) is 5.65. The van der Waals surface area contributed by atoms with Crippen LogP contribution in [-0.2, 0) is 6.54 Å². The molecule has 0 aliphatic heterocycles. The van der Waals surface area contributed by atoms with E-state index in [9.17, 15) is 0 Å². The molecule has 1 heterocycles. The highest BCUT2D eigenvalue weighted by Gasteiger charge is 2.28. The van der Waals surface area contributed by atoms with Crippen LogP contribution in [0, 0.1) is 12.3 Å². The molecule has 114 valence electrons. The number of rotatable bonds is 6. The lowest BCUT2D eigenvalue weighted by atomic mass is 9.75. The fourth-order valence-corrected chi connectivity index (χ4v) is 3.93. The van der Waals surface area contributed by atoms with Crippen LogP contribution in [0.15, 0.2) is 11.4 Å². The van der Waals surface area contributed by atoms with E-state index in [1.165, 1.54) is 36.1 Å². The van der Waals surface area contributed by atoms with Gasteiger partial charge < -0.3 is 10.2 Å². The molecule has 20 heavy (non-hydrogen) atoms. The van der Waals surface area contributed by atoms with E-state index in [1.807, 2.05) is 11.3 Å². The normalized spacial score (nSPS) is 19.6. The summed E-state index contributed by atoms with van der Waals surface area (Å²) >= 11 is 1.86. The molecule has 1 fully saturated rings. The highest BCUT2D eigenvalue weighted by atomic mass is 32.1. The van der Waals surface area contributed by atoms with Crippen molar-refractivity contribution in [3.63, 3.8) is 0 Å². The quantitative estimate of drug-likeness (QED) is 0.796. The Morgan fingerprint density at radius 1 is 1.35 bits per heavy atom. The van der Waals surface area contributed by atoms with Crippen molar-refractivity contribution in [1.29, 1.82) is 0 Å². The van der Waals surface area contributed by atoms with Crippen LogP contribution in [0.1, 0.15) is 50.0 Å². The summed E-state index contributed by atoms with van der Waals surface area (Å²) in [5.41, 5.74) is 2.00. The Labute approximate surface area is 128 Å². The van der Waals surface area contributed by atoms with Crippen LogP contribution in [0.5, 0.6) is 0 Å². The Hall–Kier alpha value is -0.380. The van der Waals surface area contributed by atoms with Crippen molar-refractivity contribution in [2.24, 2.45) is 5.41 Å². The van der Waals surface area contributed by atoms with E-state index < -0.39 is 0 Å². The molecule has 0 spiro atoms. The van der Waals surface area contributed by atoms with Crippen LogP contribution in [0.2, 0.25) is 0 Å². The van der Waals surface area contributed by atoms with Gasteiger partial charge in [0, 0.05) is 30.6 Å². The number of thiophene rings is 1. The highest BCUT2D eigenvalue weighted by molar-refractivity contribution is 7.10. The van der Waals surface area contributed by atoms with E-state index in [4.69, 9.17) is 0 Å².